The summed E-state index contributed by atoms with van der Waals surface area (Å²) in [5.74, 6) is 0.756. The lowest BCUT2D eigenvalue weighted by Crippen LogP contribution is -2.32. The van der Waals surface area contributed by atoms with Crippen LogP contribution in [-0.4, -0.2) is 22.7 Å². The summed E-state index contributed by atoms with van der Waals surface area (Å²) in [6, 6.07) is 0.634. The zero-order valence-electron chi connectivity index (χ0n) is 18.8. The van der Waals surface area contributed by atoms with Gasteiger partial charge in [0.05, 0.1) is 9.91 Å². The Labute approximate surface area is 185 Å². The van der Waals surface area contributed by atoms with Crippen LogP contribution in [0.2, 0.25) is 0 Å². The van der Waals surface area contributed by atoms with E-state index in [2.05, 4.69) is 87.2 Å². The van der Waals surface area contributed by atoms with Crippen LogP contribution in [0.5, 0.6) is 0 Å². The Bertz CT molecular complexity index is 915. The van der Waals surface area contributed by atoms with Gasteiger partial charge in [-0.3, -0.25) is 0 Å². The molecular weight excluding hydrogens is 392 g/mol. The molecule has 4 heteroatoms. The topological polar surface area (TPSA) is 7.12 Å². The van der Waals surface area contributed by atoms with E-state index < -0.39 is 0 Å². The zero-order chi connectivity index (χ0) is 20.7. The van der Waals surface area contributed by atoms with E-state index in [9.17, 15) is 0 Å². The van der Waals surface area contributed by atoms with E-state index in [1.807, 2.05) is 11.3 Å². The second kappa shape index (κ2) is 8.47. The van der Waals surface area contributed by atoms with Crippen LogP contribution in [0.4, 0.5) is 0 Å². The molecule has 0 amide bonds. The first-order valence-electron chi connectivity index (χ1n) is 11.1. The molecule has 0 bridgehead atoms. The van der Waals surface area contributed by atoms with E-state index in [0.717, 1.165) is 12.5 Å². The summed E-state index contributed by atoms with van der Waals surface area (Å²) in [4.78, 5) is 4.00. The molecule has 0 saturated carbocycles. The normalized spacial score (nSPS) is 30.0. The fourth-order valence-corrected chi connectivity index (χ4v) is 7.21. The number of hydrogen-bond donors (Lipinski definition) is 0. The molecule has 4 rings (SSSR count). The predicted octanol–water partition coefficient (Wildman–Crippen LogP) is 6.32. The maximum absolute atomic E-state index is 2.57. The molecule has 29 heavy (non-hydrogen) atoms. The number of aromatic nitrogens is 1. The average molecular weight is 428 g/mol. The van der Waals surface area contributed by atoms with Crippen molar-refractivity contribution in [3.63, 3.8) is 0 Å². The standard InChI is InChI=1S/C25H35N2S2/c1-7-27-17(3)19(5)29-25(27)15-21-9-11-22-10-8-20(12-23(22)13-21)14-24-26(6)16(2)18(4)28-24/h12-15,17,19,22H,7-11H2,1-6H3/q+1. The Morgan fingerprint density at radius 3 is 2.59 bits per heavy atom. The van der Waals surface area contributed by atoms with E-state index in [-0.39, 0.29) is 0 Å². The van der Waals surface area contributed by atoms with E-state index in [1.54, 1.807) is 5.57 Å². The number of allylic oxidation sites excluding steroid dienone is 6. The number of fused-ring (bicyclic) bond motifs is 1. The van der Waals surface area contributed by atoms with Crippen molar-refractivity contribution in [2.45, 2.75) is 71.6 Å². The summed E-state index contributed by atoms with van der Waals surface area (Å²) in [5, 5.41) is 3.53. The van der Waals surface area contributed by atoms with Crippen LogP contribution < -0.4 is 4.57 Å². The number of aryl methyl sites for hydroxylation is 1. The predicted molar refractivity (Wildman–Crippen MR) is 128 cm³/mol. The number of thiazole rings is 1. The summed E-state index contributed by atoms with van der Waals surface area (Å²) in [6.45, 7) is 12.6. The summed E-state index contributed by atoms with van der Waals surface area (Å²) >= 11 is 3.96. The first-order chi connectivity index (χ1) is 13.9. The van der Waals surface area contributed by atoms with Gasteiger partial charge in [0.15, 0.2) is 5.69 Å². The van der Waals surface area contributed by atoms with Crippen molar-refractivity contribution in [3.8, 4) is 0 Å². The molecule has 0 spiro atoms. The van der Waals surface area contributed by atoms with E-state index >= 15 is 0 Å². The summed E-state index contributed by atoms with van der Waals surface area (Å²) < 4.78 is 2.34. The van der Waals surface area contributed by atoms with Gasteiger partial charge in [0, 0.05) is 30.8 Å². The SMILES string of the molecule is CCN1C(=CC2=CC3=CC(=Cc4sc(C)c(C)[n+]4C)CCC3CC2)SC(C)C1C. The van der Waals surface area contributed by atoms with Gasteiger partial charge in [0.2, 0.25) is 0 Å². The van der Waals surface area contributed by atoms with Crippen molar-refractivity contribution in [2.24, 2.45) is 13.0 Å². The highest BCUT2D eigenvalue weighted by molar-refractivity contribution is 8.03. The van der Waals surface area contributed by atoms with Crippen molar-refractivity contribution in [2.75, 3.05) is 6.54 Å². The Hall–Kier alpha value is -1.26. The first kappa shape index (κ1) is 21.0. The van der Waals surface area contributed by atoms with Gasteiger partial charge >= 0.3 is 0 Å². The molecule has 1 fully saturated rings. The summed E-state index contributed by atoms with van der Waals surface area (Å²) in [6.07, 6.45) is 14.9. The minimum atomic E-state index is 0.634. The quantitative estimate of drug-likeness (QED) is 0.521. The molecule has 2 heterocycles. The van der Waals surface area contributed by atoms with Gasteiger partial charge in [0.1, 0.15) is 7.05 Å². The minimum absolute atomic E-state index is 0.634. The van der Waals surface area contributed by atoms with Crippen LogP contribution in [0.1, 0.15) is 62.0 Å². The highest BCUT2D eigenvalue weighted by Crippen LogP contribution is 2.42. The number of rotatable bonds is 3. The van der Waals surface area contributed by atoms with Crippen molar-refractivity contribution in [3.05, 3.63) is 55.6 Å². The number of thioether (sulfide) groups is 1. The van der Waals surface area contributed by atoms with Crippen LogP contribution in [0.25, 0.3) is 6.08 Å². The van der Waals surface area contributed by atoms with Gasteiger partial charge in [-0.1, -0.05) is 30.4 Å². The monoisotopic (exact) mass is 427 g/mol. The minimum Gasteiger partial charge on any atom is -0.363 e. The second-order valence-corrected chi connectivity index (χ2v) is 11.5. The molecule has 3 aliphatic rings. The maximum Gasteiger partial charge on any atom is 0.262 e. The van der Waals surface area contributed by atoms with E-state index in [4.69, 9.17) is 0 Å². The smallest absolute Gasteiger partial charge is 0.262 e. The first-order valence-corrected chi connectivity index (χ1v) is 12.8. The molecule has 0 radical (unpaired) electrons. The van der Waals surface area contributed by atoms with Crippen LogP contribution in [0.3, 0.4) is 0 Å². The molecule has 1 aromatic rings. The fourth-order valence-electron chi connectivity index (χ4n) is 4.75. The Morgan fingerprint density at radius 1 is 1.14 bits per heavy atom. The van der Waals surface area contributed by atoms with Crippen molar-refractivity contribution >= 4 is 29.2 Å². The average Bonchev–Trinajstić information content (AvgIpc) is 3.11. The van der Waals surface area contributed by atoms with Gasteiger partial charge in [-0.2, -0.15) is 4.57 Å². The van der Waals surface area contributed by atoms with Crippen LogP contribution in [0, 0.1) is 19.8 Å². The molecule has 1 aromatic heterocycles. The number of nitrogens with zero attached hydrogens (tertiary/aromatic N) is 2. The third-order valence-electron chi connectivity index (χ3n) is 7.06. The molecule has 1 aliphatic heterocycles. The molecule has 2 aliphatic carbocycles. The summed E-state index contributed by atoms with van der Waals surface area (Å²) in [5.41, 5.74) is 5.95. The highest BCUT2D eigenvalue weighted by atomic mass is 32.2. The molecule has 3 atom stereocenters. The molecule has 2 nitrogen and oxygen atoms in total. The lowest BCUT2D eigenvalue weighted by atomic mass is 9.77. The van der Waals surface area contributed by atoms with E-state index in [0.29, 0.717) is 11.3 Å². The van der Waals surface area contributed by atoms with Crippen LogP contribution >= 0.6 is 23.1 Å². The molecule has 156 valence electrons. The van der Waals surface area contributed by atoms with Gasteiger partial charge in [-0.05, 0) is 75.2 Å². The third kappa shape index (κ3) is 4.16. The largest absolute Gasteiger partial charge is 0.363 e. The van der Waals surface area contributed by atoms with E-state index in [1.165, 1.54) is 57.4 Å². The van der Waals surface area contributed by atoms with Gasteiger partial charge in [-0.15, -0.1) is 11.8 Å². The molecule has 0 aromatic carbocycles. The highest BCUT2D eigenvalue weighted by Gasteiger charge is 2.31. The molecule has 0 N–H and O–H groups in total. The van der Waals surface area contributed by atoms with Crippen molar-refractivity contribution in [1.29, 1.82) is 0 Å². The van der Waals surface area contributed by atoms with Crippen molar-refractivity contribution in [1.82, 2.24) is 4.90 Å². The second-order valence-electron chi connectivity index (χ2n) is 8.83. The lowest BCUT2D eigenvalue weighted by molar-refractivity contribution is -0.674. The molecule has 1 saturated heterocycles. The summed E-state index contributed by atoms with van der Waals surface area (Å²) in [7, 11) is 2.19. The maximum atomic E-state index is 2.57. The lowest BCUT2D eigenvalue weighted by Gasteiger charge is -2.29. The van der Waals surface area contributed by atoms with Crippen LogP contribution in [0.15, 0.2) is 40.0 Å². The fraction of sp³-hybridized carbons (Fsp3) is 0.560. The zero-order valence-corrected chi connectivity index (χ0v) is 20.4. The third-order valence-corrected chi connectivity index (χ3v) is 9.62. The van der Waals surface area contributed by atoms with Gasteiger partial charge in [-0.25, -0.2) is 0 Å². The Balaban J connectivity index is 1.61. The Morgan fingerprint density at radius 2 is 1.90 bits per heavy atom. The van der Waals surface area contributed by atoms with Gasteiger partial charge in [0.25, 0.3) is 5.01 Å². The molecular formula is C25H35N2S2+. The Kier molecular flexibility index (Phi) is 6.13. The molecule has 3 unspecified atom stereocenters. The van der Waals surface area contributed by atoms with Crippen LogP contribution in [-0.2, 0) is 7.05 Å². The van der Waals surface area contributed by atoms with Crippen molar-refractivity contribution < 1.29 is 4.57 Å². The van der Waals surface area contributed by atoms with Gasteiger partial charge < -0.3 is 4.90 Å². The number of hydrogen-bond acceptors (Lipinski definition) is 3.